The lowest BCUT2D eigenvalue weighted by atomic mass is 9.78. The van der Waals surface area contributed by atoms with Crippen molar-refractivity contribution < 1.29 is 4.74 Å². The first-order valence-electron chi connectivity index (χ1n) is 6.91. The molecular weight excluding hydrogens is 234 g/mol. The summed E-state index contributed by atoms with van der Waals surface area (Å²) in [4.78, 5) is 0. The highest BCUT2D eigenvalue weighted by Crippen LogP contribution is 2.36. The Labute approximate surface area is 114 Å². The number of nitrogens with two attached hydrogens (primary N) is 1. The summed E-state index contributed by atoms with van der Waals surface area (Å²) < 4.78 is 5.77. The first kappa shape index (κ1) is 12.2. The van der Waals surface area contributed by atoms with Gasteiger partial charge in [0.15, 0.2) is 0 Å². The van der Waals surface area contributed by atoms with E-state index in [-0.39, 0.29) is 6.04 Å². The summed E-state index contributed by atoms with van der Waals surface area (Å²) in [5.41, 5.74) is 7.48. The van der Waals surface area contributed by atoms with E-state index >= 15 is 0 Å². The molecule has 0 saturated heterocycles. The second-order valence-corrected chi connectivity index (χ2v) is 5.20. The molecule has 0 amide bonds. The highest BCUT2D eigenvalue weighted by atomic mass is 16.5. The fourth-order valence-electron chi connectivity index (χ4n) is 2.45. The Bertz CT molecular complexity index is 517. The lowest BCUT2D eigenvalue weighted by molar-refractivity contribution is 0.264. The molecule has 0 bridgehead atoms. The van der Waals surface area contributed by atoms with Crippen LogP contribution in [0.15, 0.2) is 54.6 Å². The van der Waals surface area contributed by atoms with E-state index in [2.05, 4.69) is 12.1 Å². The number of benzene rings is 2. The summed E-state index contributed by atoms with van der Waals surface area (Å²) in [6.07, 6.45) is 3.86. The molecule has 3 rings (SSSR count). The van der Waals surface area contributed by atoms with E-state index < -0.39 is 0 Å². The van der Waals surface area contributed by atoms with Crippen molar-refractivity contribution in [2.45, 2.75) is 25.3 Å². The van der Waals surface area contributed by atoms with Crippen molar-refractivity contribution >= 4 is 0 Å². The fraction of sp³-hybridized carbons (Fsp3) is 0.294. The molecule has 0 aromatic heterocycles. The molecule has 2 aromatic rings. The number of ether oxygens (including phenoxy) is 1. The third kappa shape index (κ3) is 2.79. The molecule has 2 nitrogen and oxygen atoms in total. The van der Waals surface area contributed by atoms with Crippen LogP contribution in [0, 0.1) is 5.92 Å². The lowest BCUT2D eigenvalue weighted by Crippen LogP contribution is -2.26. The van der Waals surface area contributed by atoms with E-state index in [1.165, 1.54) is 24.8 Å². The third-order valence-corrected chi connectivity index (χ3v) is 3.90. The Hall–Kier alpha value is -1.80. The standard InChI is InChI=1S/C17H19NO/c18-17(13-5-4-6-13)14-9-11-16(12-10-14)19-15-7-2-1-3-8-15/h1-3,7-13,17H,4-6,18H2/t17-/m0/s1. The molecule has 2 N–H and O–H groups in total. The molecule has 1 aliphatic carbocycles. The summed E-state index contributed by atoms with van der Waals surface area (Å²) in [6.45, 7) is 0. The monoisotopic (exact) mass is 253 g/mol. The van der Waals surface area contributed by atoms with Gasteiger partial charge in [0, 0.05) is 6.04 Å². The van der Waals surface area contributed by atoms with E-state index in [9.17, 15) is 0 Å². The summed E-state index contributed by atoms with van der Waals surface area (Å²) in [5, 5.41) is 0. The van der Waals surface area contributed by atoms with Gasteiger partial charge >= 0.3 is 0 Å². The first-order valence-corrected chi connectivity index (χ1v) is 6.91. The molecule has 98 valence electrons. The Morgan fingerprint density at radius 3 is 2.11 bits per heavy atom. The molecule has 1 atom stereocenters. The van der Waals surface area contributed by atoms with Gasteiger partial charge < -0.3 is 10.5 Å². The highest BCUT2D eigenvalue weighted by molar-refractivity contribution is 5.34. The van der Waals surface area contributed by atoms with E-state index in [1.54, 1.807) is 0 Å². The SMILES string of the molecule is N[C@H](c1ccc(Oc2ccccc2)cc1)C1CCC1. The zero-order valence-electron chi connectivity index (χ0n) is 11.0. The molecule has 1 saturated carbocycles. The molecule has 0 radical (unpaired) electrons. The van der Waals surface area contributed by atoms with Crippen LogP contribution in [-0.2, 0) is 0 Å². The zero-order chi connectivity index (χ0) is 13.1. The smallest absolute Gasteiger partial charge is 0.127 e. The van der Waals surface area contributed by atoms with Gasteiger partial charge in [-0.05, 0) is 48.6 Å². The molecule has 0 spiro atoms. The Balaban J connectivity index is 1.68. The summed E-state index contributed by atoms with van der Waals surface area (Å²) in [7, 11) is 0. The lowest BCUT2D eigenvalue weighted by Gasteiger charge is -2.31. The number of para-hydroxylation sites is 1. The van der Waals surface area contributed by atoms with Crippen LogP contribution in [0.5, 0.6) is 11.5 Å². The van der Waals surface area contributed by atoms with Gasteiger partial charge in [0.25, 0.3) is 0 Å². The Morgan fingerprint density at radius 1 is 0.895 bits per heavy atom. The molecule has 1 fully saturated rings. The van der Waals surface area contributed by atoms with Crippen molar-refractivity contribution in [3.63, 3.8) is 0 Å². The molecule has 0 unspecified atom stereocenters. The third-order valence-electron chi connectivity index (χ3n) is 3.90. The van der Waals surface area contributed by atoms with Gasteiger partial charge in [-0.3, -0.25) is 0 Å². The number of rotatable bonds is 4. The fourth-order valence-corrected chi connectivity index (χ4v) is 2.45. The average molecular weight is 253 g/mol. The molecule has 1 aliphatic rings. The van der Waals surface area contributed by atoms with Gasteiger partial charge in [0.05, 0.1) is 0 Å². The molecule has 0 aliphatic heterocycles. The topological polar surface area (TPSA) is 35.2 Å². The van der Waals surface area contributed by atoms with Gasteiger partial charge in [-0.2, -0.15) is 0 Å². The molecule has 2 aromatic carbocycles. The van der Waals surface area contributed by atoms with Crippen molar-refractivity contribution in [3.8, 4) is 11.5 Å². The minimum absolute atomic E-state index is 0.180. The minimum atomic E-state index is 0.180. The van der Waals surface area contributed by atoms with Crippen LogP contribution in [0.4, 0.5) is 0 Å². The van der Waals surface area contributed by atoms with Crippen LogP contribution < -0.4 is 10.5 Å². The predicted molar refractivity (Wildman–Crippen MR) is 77.2 cm³/mol. The van der Waals surface area contributed by atoms with Crippen LogP contribution in [0.3, 0.4) is 0 Å². The highest BCUT2D eigenvalue weighted by Gasteiger charge is 2.25. The van der Waals surface area contributed by atoms with Crippen LogP contribution in [0.25, 0.3) is 0 Å². The largest absolute Gasteiger partial charge is 0.457 e. The van der Waals surface area contributed by atoms with Gasteiger partial charge in [0.2, 0.25) is 0 Å². The van der Waals surface area contributed by atoms with Gasteiger partial charge in [-0.1, -0.05) is 36.8 Å². The molecule has 0 heterocycles. The quantitative estimate of drug-likeness (QED) is 0.882. The molecule has 2 heteroatoms. The van der Waals surface area contributed by atoms with Crippen molar-refractivity contribution in [1.82, 2.24) is 0 Å². The summed E-state index contributed by atoms with van der Waals surface area (Å²) in [5.74, 6) is 2.38. The van der Waals surface area contributed by atoms with Crippen LogP contribution in [-0.4, -0.2) is 0 Å². The van der Waals surface area contributed by atoms with Crippen molar-refractivity contribution in [2.75, 3.05) is 0 Å². The van der Waals surface area contributed by atoms with Gasteiger partial charge in [-0.15, -0.1) is 0 Å². The van der Waals surface area contributed by atoms with Crippen molar-refractivity contribution in [3.05, 3.63) is 60.2 Å². The van der Waals surface area contributed by atoms with E-state index in [0.717, 1.165) is 11.5 Å². The Morgan fingerprint density at radius 2 is 1.53 bits per heavy atom. The van der Waals surface area contributed by atoms with Crippen molar-refractivity contribution in [2.24, 2.45) is 11.7 Å². The molecular formula is C17H19NO. The van der Waals surface area contributed by atoms with Crippen LogP contribution in [0.1, 0.15) is 30.9 Å². The van der Waals surface area contributed by atoms with E-state index in [4.69, 9.17) is 10.5 Å². The Kier molecular flexibility index (Phi) is 3.51. The molecule has 19 heavy (non-hydrogen) atoms. The number of hydrogen-bond acceptors (Lipinski definition) is 2. The zero-order valence-corrected chi connectivity index (χ0v) is 11.0. The minimum Gasteiger partial charge on any atom is -0.457 e. The van der Waals surface area contributed by atoms with Gasteiger partial charge in [-0.25, -0.2) is 0 Å². The van der Waals surface area contributed by atoms with E-state index in [0.29, 0.717) is 5.92 Å². The number of hydrogen-bond donors (Lipinski definition) is 1. The first-order chi connectivity index (χ1) is 9.33. The normalized spacial score (nSPS) is 16.7. The van der Waals surface area contributed by atoms with Crippen LogP contribution >= 0.6 is 0 Å². The maximum absolute atomic E-state index is 6.26. The summed E-state index contributed by atoms with van der Waals surface area (Å²) in [6, 6.07) is 18.2. The van der Waals surface area contributed by atoms with Gasteiger partial charge in [0.1, 0.15) is 11.5 Å². The van der Waals surface area contributed by atoms with E-state index in [1.807, 2.05) is 42.5 Å². The van der Waals surface area contributed by atoms with Crippen LogP contribution in [0.2, 0.25) is 0 Å². The predicted octanol–water partition coefficient (Wildman–Crippen LogP) is 4.28. The second-order valence-electron chi connectivity index (χ2n) is 5.20. The summed E-state index contributed by atoms with van der Waals surface area (Å²) >= 11 is 0. The van der Waals surface area contributed by atoms with Crippen molar-refractivity contribution in [1.29, 1.82) is 0 Å². The maximum Gasteiger partial charge on any atom is 0.127 e. The second kappa shape index (κ2) is 5.45. The average Bonchev–Trinajstić information content (AvgIpc) is 2.39. The maximum atomic E-state index is 6.26.